The zero-order chi connectivity index (χ0) is 19.6. The van der Waals surface area contributed by atoms with Gasteiger partial charge in [0, 0.05) is 20.5 Å². The molecule has 0 aliphatic carbocycles. The first-order valence-corrected chi connectivity index (χ1v) is 9.83. The molecule has 1 N–H and O–H groups in total. The Labute approximate surface area is 172 Å². The number of rotatable bonds is 5. The normalized spacial score (nSPS) is 10.7. The fourth-order valence-corrected chi connectivity index (χ4v) is 3.71. The van der Waals surface area contributed by atoms with Crippen LogP contribution >= 0.6 is 34.5 Å². The van der Waals surface area contributed by atoms with E-state index in [4.69, 9.17) is 27.9 Å². The Bertz CT molecular complexity index is 961. The number of anilines is 1. The quantitative estimate of drug-likeness (QED) is 0.545. The highest BCUT2D eigenvalue weighted by molar-refractivity contribution is 7.16. The Morgan fingerprint density at radius 1 is 1.11 bits per heavy atom. The van der Waals surface area contributed by atoms with Gasteiger partial charge >= 0.3 is 0 Å². The molecule has 3 rings (SSSR count). The third-order valence-corrected chi connectivity index (χ3v) is 5.67. The lowest BCUT2D eigenvalue weighted by Gasteiger charge is -2.09. The molecule has 7 heteroatoms. The molecule has 0 fully saturated rings. The fourth-order valence-electron chi connectivity index (χ4n) is 2.62. The maximum Gasteiger partial charge on any atom is 0.264 e. The van der Waals surface area contributed by atoms with Crippen LogP contribution in [0, 0.1) is 20.8 Å². The number of ether oxygens (including phenoxy) is 1. The van der Waals surface area contributed by atoms with Crippen molar-refractivity contribution in [2.75, 3.05) is 11.9 Å². The highest BCUT2D eigenvalue weighted by Crippen LogP contribution is 2.31. The van der Waals surface area contributed by atoms with Gasteiger partial charge in [-0.1, -0.05) is 35.3 Å². The molecule has 1 heterocycles. The van der Waals surface area contributed by atoms with Gasteiger partial charge in [-0.15, -0.1) is 11.3 Å². The molecule has 3 aromatic rings. The molecule has 27 heavy (non-hydrogen) atoms. The van der Waals surface area contributed by atoms with Crippen LogP contribution in [0.5, 0.6) is 5.75 Å². The molecule has 0 saturated heterocycles. The van der Waals surface area contributed by atoms with Gasteiger partial charge in [0.05, 0.1) is 5.69 Å². The zero-order valence-corrected chi connectivity index (χ0v) is 17.4. The van der Waals surface area contributed by atoms with Gasteiger partial charge in [0.2, 0.25) is 0 Å². The van der Waals surface area contributed by atoms with Gasteiger partial charge in [-0.3, -0.25) is 10.1 Å². The molecule has 0 bridgehead atoms. The summed E-state index contributed by atoms with van der Waals surface area (Å²) >= 11 is 13.5. The van der Waals surface area contributed by atoms with Gasteiger partial charge in [0.15, 0.2) is 11.7 Å². The highest BCUT2D eigenvalue weighted by Gasteiger charge is 2.13. The fraction of sp³-hybridized carbons (Fsp3) is 0.200. The van der Waals surface area contributed by atoms with Crippen LogP contribution in [-0.2, 0) is 4.79 Å². The molecule has 0 atom stereocenters. The summed E-state index contributed by atoms with van der Waals surface area (Å²) in [5.41, 5.74) is 3.61. The standard InChI is InChI=1S/C20H18Cl2N2O2S/c1-11-8-16(9-12(2)18(11)22)26-10-17(25)23-20-24-19(13(3)27-20)14-4-6-15(21)7-5-14/h4-9H,10H2,1-3H3,(H,23,24,25). The number of thiazole rings is 1. The summed E-state index contributed by atoms with van der Waals surface area (Å²) in [6.07, 6.45) is 0. The SMILES string of the molecule is Cc1cc(OCC(=O)Nc2nc(-c3ccc(Cl)cc3)c(C)s2)cc(C)c1Cl. The molecule has 1 amide bonds. The summed E-state index contributed by atoms with van der Waals surface area (Å²) in [6.45, 7) is 5.67. The maximum absolute atomic E-state index is 12.2. The van der Waals surface area contributed by atoms with E-state index in [-0.39, 0.29) is 12.5 Å². The van der Waals surface area contributed by atoms with E-state index in [2.05, 4.69) is 10.3 Å². The first-order chi connectivity index (χ1) is 12.8. The lowest BCUT2D eigenvalue weighted by molar-refractivity contribution is -0.118. The number of nitrogens with zero attached hydrogens (tertiary/aromatic N) is 1. The first-order valence-electron chi connectivity index (χ1n) is 8.26. The molecule has 0 spiro atoms. The largest absolute Gasteiger partial charge is 0.484 e. The third kappa shape index (κ3) is 4.80. The minimum Gasteiger partial charge on any atom is -0.484 e. The minimum atomic E-state index is -0.267. The predicted molar refractivity (Wildman–Crippen MR) is 112 cm³/mol. The molecule has 0 aliphatic heterocycles. The average molecular weight is 421 g/mol. The molecular weight excluding hydrogens is 403 g/mol. The number of nitrogens with one attached hydrogen (secondary N) is 1. The first kappa shape index (κ1) is 19.7. The Morgan fingerprint density at radius 3 is 2.37 bits per heavy atom. The third-order valence-electron chi connectivity index (χ3n) is 3.94. The van der Waals surface area contributed by atoms with Crippen molar-refractivity contribution in [3.05, 3.63) is 62.4 Å². The second-order valence-electron chi connectivity index (χ2n) is 6.14. The summed E-state index contributed by atoms with van der Waals surface area (Å²) in [5.74, 6) is 0.346. The second kappa shape index (κ2) is 8.30. The number of amides is 1. The summed E-state index contributed by atoms with van der Waals surface area (Å²) in [4.78, 5) is 17.7. The van der Waals surface area contributed by atoms with Crippen LogP contribution in [0.2, 0.25) is 10.0 Å². The number of benzene rings is 2. The number of hydrogen-bond acceptors (Lipinski definition) is 4. The van der Waals surface area contributed by atoms with Crippen LogP contribution in [0.4, 0.5) is 5.13 Å². The van der Waals surface area contributed by atoms with Crippen LogP contribution in [0.25, 0.3) is 11.3 Å². The van der Waals surface area contributed by atoms with E-state index >= 15 is 0 Å². The van der Waals surface area contributed by atoms with E-state index in [1.807, 2.05) is 57.2 Å². The van der Waals surface area contributed by atoms with Crippen LogP contribution in [0.1, 0.15) is 16.0 Å². The van der Waals surface area contributed by atoms with Gasteiger partial charge in [-0.2, -0.15) is 0 Å². The molecule has 140 valence electrons. The van der Waals surface area contributed by atoms with Crippen molar-refractivity contribution >= 4 is 45.6 Å². The van der Waals surface area contributed by atoms with E-state index in [0.717, 1.165) is 27.3 Å². The van der Waals surface area contributed by atoms with Crippen LogP contribution < -0.4 is 10.1 Å². The van der Waals surface area contributed by atoms with Crippen molar-refractivity contribution in [1.29, 1.82) is 0 Å². The van der Waals surface area contributed by atoms with Crippen molar-refractivity contribution in [3.63, 3.8) is 0 Å². The molecule has 0 unspecified atom stereocenters. The van der Waals surface area contributed by atoms with Crippen molar-refractivity contribution in [3.8, 4) is 17.0 Å². The number of halogens is 2. The van der Waals surface area contributed by atoms with Crippen LogP contribution in [-0.4, -0.2) is 17.5 Å². The molecule has 0 radical (unpaired) electrons. The highest BCUT2D eigenvalue weighted by atomic mass is 35.5. The number of aryl methyl sites for hydroxylation is 3. The zero-order valence-electron chi connectivity index (χ0n) is 15.1. The van der Waals surface area contributed by atoms with Crippen molar-refractivity contribution < 1.29 is 9.53 Å². The van der Waals surface area contributed by atoms with Crippen molar-refractivity contribution in [1.82, 2.24) is 4.98 Å². The number of aromatic nitrogens is 1. The Morgan fingerprint density at radius 2 is 1.74 bits per heavy atom. The predicted octanol–water partition coefficient (Wildman–Crippen LogP) is 6.06. The molecule has 0 aliphatic rings. The van der Waals surface area contributed by atoms with E-state index in [9.17, 15) is 4.79 Å². The van der Waals surface area contributed by atoms with Crippen molar-refractivity contribution in [2.45, 2.75) is 20.8 Å². The second-order valence-corrected chi connectivity index (χ2v) is 8.16. The molecule has 4 nitrogen and oxygen atoms in total. The number of carbonyl (C=O) groups excluding carboxylic acids is 1. The minimum absolute atomic E-state index is 0.102. The summed E-state index contributed by atoms with van der Waals surface area (Å²) in [6, 6.07) is 11.1. The van der Waals surface area contributed by atoms with Gasteiger partial charge in [0.25, 0.3) is 5.91 Å². The Hall–Kier alpha value is -2.08. The lowest BCUT2D eigenvalue weighted by atomic mass is 10.1. The summed E-state index contributed by atoms with van der Waals surface area (Å²) in [5, 5.41) is 4.70. The van der Waals surface area contributed by atoms with Gasteiger partial charge < -0.3 is 4.74 Å². The number of hydrogen-bond donors (Lipinski definition) is 1. The lowest BCUT2D eigenvalue weighted by Crippen LogP contribution is -2.20. The van der Waals surface area contributed by atoms with Gasteiger partial charge in [-0.05, 0) is 56.2 Å². The van der Waals surface area contributed by atoms with Gasteiger partial charge in [-0.25, -0.2) is 4.98 Å². The summed E-state index contributed by atoms with van der Waals surface area (Å²) in [7, 11) is 0. The van der Waals surface area contributed by atoms with E-state index < -0.39 is 0 Å². The Balaban J connectivity index is 1.65. The smallest absolute Gasteiger partial charge is 0.264 e. The van der Waals surface area contributed by atoms with Gasteiger partial charge in [0.1, 0.15) is 5.75 Å². The average Bonchev–Trinajstić information content (AvgIpc) is 2.98. The van der Waals surface area contributed by atoms with Crippen LogP contribution in [0.3, 0.4) is 0 Å². The summed E-state index contributed by atoms with van der Waals surface area (Å²) < 4.78 is 5.58. The Kier molecular flexibility index (Phi) is 6.05. The molecule has 2 aromatic carbocycles. The maximum atomic E-state index is 12.2. The molecule has 1 aromatic heterocycles. The topological polar surface area (TPSA) is 51.2 Å². The van der Waals surface area contributed by atoms with Crippen LogP contribution in [0.15, 0.2) is 36.4 Å². The van der Waals surface area contributed by atoms with E-state index in [1.54, 1.807) is 0 Å². The molecule has 0 saturated carbocycles. The number of carbonyl (C=O) groups is 1. The van der Waals surface area contributed by atoms with E-state index in [0.29, 0.717) is 20.9 Å². The van der Waals surface area contributed by atoms with Crippen molar-refractivity contribution in [2.24, 2.45) is 0 Å². The monoisotopic (exact) mass is 420 g/mol. The molecular formula is C20H18Cl2N2O2S. The van der Waals surface area contributed by atoms with E-state index in [1.165, 1.54) is 11.3 Å².